The van der Waals surface area contributed by atoms with Gasteiger partial charge in [0.2, 0.25) is 18.1 Å². The molecule has 140 valence electrons. The Morgan fingerprint density at radius 1 is 1.07 bits per heavy atom. The Kier molecular flexibility index (Phi) is 5.14. The summed E-state index contributed by atoms with van der Waals surface area (Å²) in [5.41, 5.74) is 2.83. The molecule has 2 heterocycles. The number of amides is 1. The zero-order valence-corrected chi connectivity index (χ0v) is 14.8. The van der Waals surface area contributed by atoms with E-state index in [1.54, 1.807) is 0 Å². The van der Waals surface area contributed by atoms with E-state index in [1.807, 2.05) is 54.6 Å². The fraction of sp³-hybridized carbons (Fsp3) is 0.158. The molecule has 0 saturated heterocycles. The van der Waals surface area contributed by atoms with Crippen molar-refractivity contribution in [1.29, 1.82) is 0 Å². The van der Waals surface area contributed by atoms with E-state index in [4.69, 9.17) is 4.52 Å². The SMILES string of the molecule is O=C(NCc1ccc(-c2ncon2)cc1)[C@H](Cc1ccccc1)n1cnnn1. The average Bonchev–Trinajstić information content (AvgIpc) is 3.46. The van der Waals surface area contributed by atoms with Gasteiger partial charge in [-0.25, -0.2) is 4.68 Å². The van der Waals surface area contributed by atoms with Crippen LogP contribution in [0.2, 0.25) is 0 Å². The van der Waals surface area contributed by atoms with E-state index in [1.165, 1.54) is 17.4 Å². The number of tetrazole rings is 1. The summed E-state index contributed by atoms with van der Waals surface area (Å²) >= 11 is 0. The summed E-state index contributed by atoms with van der Waals surface area (Å²) in [4.78, 5) is 16.8. The van der Waals surface area contributed by atoms with E-state index >= 15 is 0 Å². The Balaban J connectivity index is 1.43. The van der Waals surface area contributed by atoms with Gasteiger partial charge >= 0.3 is 0 Å². The highest BCUT2D eigenvalue weighted by Gasteiger charge is 2.22. The first-order chi connectivity index (χ1) is 13.8. The molecule has 1 amide bonds. The van der Waals surface area contributed by atoms with Crippen molar-refractivity contribution in [3.63, 3.8) is 0 Å². The molecule has 0 spiro atoms. The summed E-state index contributed by atoms with van der Waals surface area (Å²) in [6, 6.07) is 16.8. The second-order valence-corrected chi connectivity index (χ2v) is 6.16. The Bertz CT molecular complexity index is 1000. The second-order valence-electron chi connectivity index (χ2n) is 6.16. The van der Waals surface area contributed by atoms with Crippen LogP contribution in [0.3, 0.4) is 0 Å². The predicted molar refractivity (Wildman–Crippen MR) is 98.6 cm³/mol. The van der Waals surface area contributed by atoms with Crippen molar-refractivity contribution in [3.05, 3.63) is 78.4 Å². The number of nitrogens with zero attached hydrogens (tertiary/aromatic N) is 6. The van der Waals surface area contributed by atoms with Crippen LogP contribution in [0.25, 0.3) is 11.4 Å². The molecule has 1 N–H and O–H groups in total. The predicted octanol–water partition coefficient (Wildman–Crippen LogP) is 1.82. The van der Waals surface area contributed by atoms with Gasteiger partial charge in [0, 0.05) is 18.5 Å². The molecule has 0 bridgehead atoms. The average molecular weight is 375 g/mol. The first-order valence-electron chi connectivity index (χ1n) is 8.69. The van der Waals surface area contributed by atoms with Crippen LogP contribution in [-0.4, -0.2) is 36.3 Å². The summed E-state index contributed by atoms with van der Waals surface area (Å²) in [6.07, 6.45) is 3.23. The van der Waals surface area contributed by atoms with Gasteiger partial charge in [0.05, 0.1) is 0 Å². The quantitative estimate of drug-likeness (QED) is 0.524. The molecular weight excluding hydrogens is 358 g/mol. The molecule has 0 fully saturated rings. The lowest BCUT2D eigenvalue weighted by Crippen LogP contribution is -2.34. The van der Waals surface area contributed by atoms with Crippen LogP contribution < -0.4 is 5.32 Å². The maximum atomic E-state index is 12.8. The molecule has 1 atom stereocenters. The van der Waals surface area contributed by atoms with Gasteiger partial charge < -0.3 is 9.84 Å². The van der Waals surface area contributed by atoms with Crippen molar-refractivity contribution < 1.29 is 9.32 Å². The van der Waals surface area contributed by atoms with Gasteiger partial charge in [-0.3, -0.25) is 4.79 Å². The zero-order chi connectivity index (χ0) is 19.2. The minimum Gasteiger partial charge on any atom is -0.350 e. The van der Waals surface area contributed by atoms with Crippen LogP contribution in [-0.2, 0) is 17.8 Å². The molecule has 9 nitrogen and oxygen atoms in total. The largest absolute Gasteiger partial charge is 0.350 e. The highest BCUT2D eigenvalue weighted by atomic mass is 16.5. The van der Waals surface area contributed by atoms with Crippen molar-refractivity contribution in [2.24, 2.45) is 0 Å². The molecule has 2 aromatic carbocycles. The van der Waals surface area contributed by atoms with E-state index in [9.17, 15) is 4.79 Å². The summed E-state index contributed by atoms with van der Waals surface area (Å²) in [6.45, 7) is 0.388. The van der Waals surface area contributed by atoms with Crippen LogP contribution in [0.1, 0.15) is 17.2 Å². The van der Waals surface area contributed by atoms with E-state index in [0.29, 0.717) is 18.8 Å². The summed E-state index contributed by atoms with van der Waals surface area (Å²) in [5, 5.41) is 18.0. The third kappa shape index (κ3) is 4.09. The number of nitrogens with one attached hydrogen (secondary N) is 1. The van der Waals surface area contributed by atoms with Gasteiger partial charge in [-0.2, -0.15) is 4.98 Å². The maximum Gasteiger partial charge on any atom is 0.245 e. The fourth-order valence-electron chi connectivity index (χ4n) is 2.83. The minimum atomic E-state index is -0.531. The summed E-state index contributed by atoms with van der Waals surface area (Å²) in [7, 11) is 0. The van der Waals surface area contributed by atoms with Crippen LogP contribution in [0, 0.1) is 0 Å². The van der Waals surface area contributed by atoms with E-state index in [-0.39, 0.29) is 5.91 Å². The topological polar surface area (TPSA) is 112 Å². The molecule has 4 rings (SSSR count). The lowest BCUT2D eigenvalue weighted by Gasteiger charge is -2.16. The Hall–Kier alpha value is -3.88. The van der Waals surface area contributed by atoms with Gasteiger partial charge in [0.25, 0.3) is 0 Å². The van der Waals surface area contributed by atoms with E-state index < -0.39 is 6.04 Å². The van der Waals surface area contributed by atoms with Crippen LogP contribution in [0.5, 0.6) is 0 Å². The smallest absolute Gasteiger partial charge is 0.245 e. The first-order valence-corrected chi connectivity index (χ1v) is 8.69. The number of hydrogen-bond acceptors (Lipinski definition) is 7. The summed E-state index contributed by atoms with van der Waals surface area (Å²) in [5.74, 6) is 0.371. The molecule has 0 saturated carbocycles. The Labute approximate surface area is 160 Å². The zero-order valence-electron chi connectivity index (χ0n) is 14.8. The maximum absolute atomic E-state index is 12.8. The van der Waals surface area contributed by atoms with Gasteiger partial charge in [0.15, 0.2) is 0 Å². The summed E-state index contributed by atoms with van der Waals surface area (Å²) < 4.78 is 6.23. The van der Waals surface area contributed by atoms with Crippen molar-refractivity contribution in [2.45, 2.75) is 19.0 Å². The standard InChI is InChI=1S/C19H17N7O2/c27-19(17(26-12-22-24-25-26)10-14-4-2-1-3-5-14)20-11-15-6-8-16(9-7-15)18-21-13-28-23-18/h1-9,12-13,17H,10-11H2,(H,20,27)/t17-/m0/s1. The van der Waals surface area contributed by atoms with Crippen molar-refractivity contribution in [3.8, 4) is 11.4 Å². The first kappa shape index (κ1) is 17.5. The van der Waals surface area contributed by atoms with Crippen LogP contribution >= 0.6 is 0 Å². The molecule has 4 aromatic rings. The molecule has 0 aliphatic heterocycles. The van der Waals surface area contributed by atoms with Crippen LogP contribution in [0.4, 0.5) is 0 Å². The molecule has 2 aromatic heterocycles. The molecule has 9 heteroatoms. The Morgan fingerprint density at radius 2 is 1.89 bits per heavy atom. The second kappa shape index (κ2) is 8.21. The van der Waals surface area contributed by atoms with Crippen molar-refractivity contribution in [2.75, 3.05) is 0 Å². The number of carbonyl (C=O) groups excluding carboxylic acids is 1. The molecule has 0 unspecified atom stereocenters. The van der Waals surface area contributed by atoms with Crippen molar-refractivity contribution in [1.82, 2.24) is 35.7 Å². The van der Waals surface area contributed by atoms with Crippen LogP contribution in [0.15, 0.2) is 71.8 Å². The minimum absolute atomic E-state index is 0.154. The third-order valence-corrected chi connectivity index (χ3v) is 4.30. The number of carbonyl (C=O) groups is 1. The molecule has 0 aliphatic carbocycles. The number of hydrogen-bond donors (Lipinski definition) is 1. The van der Waals surface area contributed by atoms with Gasteiger partial charge in [-0.1, -0.05) is 59.8 Å². The monoisotopic (exact) mass is 375 g/mol. The highest BCUT2D eigenvalue weighted by Crippen LogP contribution is 2.16. The number of aromatic nitrogens is 6. The van der Waals surface area contributed by atoms with Gasteiger partial charge in [-0.15, -0.1) is 5.10 Å². The van der Waals surface area contributed by atoms with Gasteiger partial charge in [-0.05, 0) is 21.6 Å². The van der Waals surface area contributed by atoms with E-state index in [2.05, 4.69) is 31.0 Å². The number of benzene rings is 2. The molecular formula is C19H17N7O2. The normalized spacial score (nSPS) is 11.9. The molecule has 0 radical (unpaired) electrons. The highest BCUT2D eigenvalue weighted by molar-refractivity contribution is 5.80. The third-order valence-electron chi connectivity index (χ3n) is 4.30. The van der Waals surface area contributed by atoms with Gasteiger partial charge in [0.1, 0.15) is 12.4 Å². The fourth-order valence-corrected chi connectivity index (χ4v) is 2.83. The lowest BCUT2D eigenvalue weighted by atomic mass is 10.1. The molecule has 0 aliphatic rings. The lowest BCUT2D eigenvalue weighted by molar-refractivity contribution is -0.124. The van der Waals surface area contributed by atoms with E-state index in [0.717, 1.165) is 16.7 Å². The Morgan fingerprint density at radius 3 is 2.57 bits per heavy atom. The molecule has 28 heavy (non-hydrogen) atoms. The number of rotatable bonds is 7. The van der Waals surface area contributed by atoms with Crippen molar-refractivity contribution >= 4 is 5.91 Å².